The number of ether oxygens (including phenoxy) is 1. The molecule has 1 unspecified atom stereocenters. The van der Waals surface area contributed by atoms with Crippen LogP contribution in [-0.2, 0) is 9.53 Å². The maximum absolute atomic E-state index is 12.4. The summed E-state index contributed by atoms with van der Waals surface area (Å²) in [5.41, 5.74) is -0.337. The van der Waals surface area contributed by atoms with Crippen LogP contribution < -0.4 is 5.32 Å². The van der Waals surface area contributed by atoms with E-state index in [0.717, 1.165) is 12.8 Å². The third-order valence-electron chi connectivity index (χ3n) is 4.94. The van der Waals surface area contributed by atoms with Crippen LogP contribution in [0.1, 0.15) is 46.5 Å². The second kappa shape index (κ2) is 6.22. The Morgan fingerprint density at radius 3 is 2.43 bits per heavy atom. The maximum atomic E-state index is 12.4. The van der Waals surface area contributed by atoms with E-state index in [2.05, 4.69) is 5.32 Å². The number of morpholine rings is 1. The van der Waals surface area contributed by atoms with Gasteiger partial charge in [0.15, 0.2) is 0 Å². The van der Waals surface area contributed by atoms with E-state index >= 15 is 0 Å². The molecule has 0 bridgehead atoms. The highest BCUT2D eigenvalue weighted by Gasteiger charge is 2.38. The molecule has 2 aliphatic rings. The first-order valence-corrected chi connectivity index (χ1v) is 7.75. The van der Waals surface area contributed by atoms with Crippen LogP contribution in [-0.4, -0.2) is 52.8 Å². The van der Waals surface area contributed by atoms with Gasteiger partial charge in [-0.2, -0.15) is 0 Å². The number of carboxylic acid groups (broad SMARTS) is 1. The fourth-order valence-corrected chi connectivity index (χ4v) is 3.12. The second-order valence-corrected chi connectivity index (χ2v) is 6.66. The van der Waals surface area contributed by atoms with Gasteiger partial charge < -0.3 is 20.1 Å². The predicted molar refractivity (Wildman–Crippen MR) is 78.1 cm³/mol. The topological polar surface area (TPSA) is 78.9 Å². The van der Waals surface area contributed by atoms with Crippen molar-refractivity contribution >= 4 is 12.0 Å². The lowest BCUT2D eigenvalue weighted by atomic mass is 9.86. The van der Waals surface area contributed by atoms with Gasteiger partial charge in [-0.25, -0.2) is 4.79 Å². The zero-order valence-corrected chi connectivity index (χ0v) is 13.1. The number of carbonyl (C=O) groups excluding carboxylic acids is 1. The summed E-state index contributed by atoms with van der Waals surface area (Å²) in [6.07, 6.45) is 2.77. The smallest absolute Gasteiger partial charge is 0.318 e. The molecule has 0 spiro atoms. The van der Waals surface area contributed by atoms with Crippen LogP contribution in [0, 0.1) is 5.92 Å². The number of amides is 2. The number of carbonyl (C=O) groups is 2. The average Bonchev–Trinajstić information content (AvgIpc) is 2.42. The summed E-state index contributed by atoms with van der Waals surface area (Å²) in [6, 6.07) is 0.0468. The zero-order chi connectivity index (χ0) is 15.6. The van der Waals surface area contributed by atoms with Crippen LogP contribution in [0.2, 0.25) is 0 Å². The highest BCUT2D eigenvalue weighted by atomic mass is 16.5. The standard InChI is InChI=1S/C15H26N2O4/c1-10-15(2,3)21-9-8-17(10)14(20)16-12-6-4-11(5-7-12)13(18)19/h10-12H,4-9H2,1-3H3,(H,16,20)(H,18,19). The van der Waals surface area contributed by atoms with Gasteiger partial charge >= 0.3 is 12.0 Å². The van der Waals surface area contributed by atoms with Crippen molar-refractivity contribution in [2.24, 2.45) is 5.92 Å². The quantitative estimate of drug-likeness (QED) is 0.815. The Kier molecular flexibility index (Phi) is 4.76. The van der Waals surface area contributed by atoms with E-state index in [9.17, 15) is 9.59 Å². The number of aliphatic carboxylic acids is 1. The van der Waals surface area contributed by atoms with E-state index in [1.54, 1.807) is 0 Å². The Bertz CT molecular complexity index is 402. The molecule has 120 valence electrons. The van der Waals surface area contributed by atoms with Gasteiger partial charge in [-0.15, -0.1) is 0 Å². The number of hydrogen-bond acceptors (Lipinski definition) is 3. The minimum atomic E-state index is -0.719. The van der Waals surface area contributed by atoms with Crippen molar-refractivity contribution in [3.8, 4) is 0 Å². The number of urea groups is 1. The highest BCUT2D eigenvalue weighted by Crippen LogP contribution is 2.26. The molecule has 6 heteroatoms. The monoisotopic (exact) mass is 298 g/mol. The predicted octanol–water partition coefficient (Wildman–Crippen LogP) is 1.84. The molecule has 1 atom stereocenters. The van der Waals surface area contributed by atoms with Crippen molar-refractivity contribution in [1.82, 2.24) is 10.2 Å². The van der Waals surface area contributed by atoms with Gasteiger partial charge in [0.1, 0.15) is 0 Å². The van der Waals surface area contributed by atoms with Gasteiger partial charge in [-0.05, 0) is 46.5 Å². The summed E-state index contributed by atoms with van der Waals surface area (Å²) in [4.78, 5) is 25.2. The fraction of sp³-hybridized carbons (Fsp3) is 0.867. The van der Waals surface area contributed by atoms with Crippen molar-refractivity contribution in [2.75, 3.05) is 13.2 Å². The second-order valence-electron chi connectivity index (χ2n) is 6.66. The molecule has 2 amide bonds. The number of nitrogens with zero attached hydrogens (tertiary/aromatic N) is 1. The Labute approximate surface area is 125 Å². The van der Waals surface area contributed by atoms with Crippen LogP contribution in [0.15, 0.2) is 0 Å². The molecule has 0 aromatic rings. The Balaban J connectivity index is 1.86. The third-order valence-corrected chi connectivity index (χ3v) is 4.94. The minimum absolute atomic E-state index is 0.0154. The summed E-state index contributed by atoms with van der Waals surface area (Å²) in [5, 5.41) is 12.0. The van der Waals surface area contributed by atoms with Crippen LogP contribution in [0.4, 0.5) is 4.79 Å². The van der Waals surface area contributed by atoms with E-state index in [-0.39, 0.29) is 29.6 Å². The van der Waals surface area contributed by atoms with Crippen molar-refractivity contribution in [2.45, 2.75) is 64.1 Å². The Hall–Kier alpha value is -1.30. The molecular weight excluding hydrogens is 272 g/mol. The minimum Gasteiger partial charge on any atom is -0.481 e. The lowest BCUT2D eigenvalue weighted by Crippen LogP contribution is -2.60. The maximum Gasteiger partial charge on any atom is 0.318 e. The van der Waals surface area contributed by atoms with E-state index < -0.39 is 5.97 Å². The number of rotatable bonds is 2. The first-order valence-electron chi connectivity index (χ1n) is 7.75. The number of hydrogen-bond donors (Lipinski definition) is 2. The molecule has 0 aromatic carbocycles. The molecule has 6 nitrogen and oxygen atoms in total. The molecule has 1 saturated heterocycles. The molecule has 1 aliphatic heterocycles. The number of nitrogens with one attached hydrogen (secondary N) is 1. The average molecular weight is 298 g/mol. The molecular formula is C15H26N2O4. The summed E-state index contributed by atoms with van der Waals surface area (Å²) in [6.45, 7) is 7.14. The van der Waals surface area contributed by atoms with Crippen molar-refractivity contribution in [3.63, 3.8) is 0 Å². The normalized spacial score (nSPS) is 32.5. The molecule has 0 radical (unpaired) electrons. The van der Waals surface area contributed by atoms with Gasteiger partial charge in [0.2, 0.25) is 0 Å². The van der Waals surface area contributed by atoms with Gasteiger partial charge in [-0.3, -0.25) is 4.79 Å². The van der Waals surface area contributed by atoms with Crippen molar-refractivity contribution < 1.29 is 19.4 Å². The van der Waals surface area contributed by atoms with E-state index in [1.165, 1.54) is 0 Å². The Morgan fingerprint density at radius 1 is 1.24 bits per heavy atom. The SMILES string of the molecule is CC1N(C(=O)NC2CCC(C(=O)O)CC2)CCOC1(C)C. The van der Waals surface area contributed by atoms with Crippen LogP contribution in [0.3, 0.4) is 0 Å². The van der Waals surface area contributed by atoms with Crippen LogP contribution in [0.25, 0.3) is 0 Å². The van der Waals surface area contributed by atoms with E-state index in [0.29, 0.717) is 26.0 Å². The summed E-state index contributed by atoms with van der Waals surface area (Å²) < 4.78 is 5.70. The first kappa shape index (κ1) is 16.1. The van der Waals surface area contributed by atoms with E-state index in [4.69, 9.17) is 9.84 Å². The summed E-state index contributed by atoms with van der Waals surface area (Å²) >= 11 is 0. The molecule has 2 fully saturated rings. The molecule has 2 rings (SSSR count). The molecule has 0 aromatic heterocycles. The fourth-order valence-electron chi connectivity index (χ4n) is 3.12. The van der Waals surface area contributed by atoms with Gasteiger partial charge in [0.25, 0.3) is 0 Å². The van der Waals surface area contributed by atoms with Crippen molar-refractivity contribution in [1.29, 1.82) is 0 Å². The number of carboxylic acids is 1. The highest BCUT2D eigenvalue weighted by molar-refractivity contribution is 5.75. The van der Waals surface area contributed by atoms with Crippen LogP contribution in [0.5, 0.6) is 0 Å². The first-order chi connectivity index (χ1) is 9.81. The largest absolute Gasteiger partial charge is 0.481 e. The molecule has 1 heterocycles. The zero-order valence-electron chi connectivity index (χ0n) is 13.1. The van der Waals surface area contributed by atoms with Crippen molar-refractivity contribution in [3.05, 3.63) is 0 Å². The van der Waals surface area contributed by atoms with Gasteiger partial charge in [0.05, 0.1) is 24.2 Å². The third kappa shape index (κ3) is 3.67. The summed E-state index contributed by atoms with van der Waals surface area (Å²) in [5.74, 6) is -0.970. The lowest BCUT2D eigenvalue weighted by Gasteiger charge is -2.45. The van der Waals surface area contributed by atoms with Gasteiger partial charge in [-0.1, -0.05) is 0 Å². The molecule has 1 aliphatic carbocycles. The van der Waals surface area contributed by atoms with Crippen LogP contribution >= 0.6 is 0 Å². The van der Waals surface area contributed by atoms with Gasteiger partial charge in [0, 0.05) is 12.6 Å². The summed E-state index contributed by atoms with van der Waals surface area (Å²) in [7, 11) is 0. The molecule has 1 saturated carbocycles. The lowest BCUT2D eigenvalue weighted by molar-refractivity contribution is -0.142. The Morgan fingerprint density at radius 2 is 1.86 bits per heavy atom. The van der Waals surface area contributed by atoms with E-state index in [1.807, 2.05) is 25.7 Å². The molecule has 21 heavy (non-hydrogen) atoms. The molecule has 2 N–H and O–H groups in total.